The largest absolute Gasteiger partial charge is 0.497 e. The molecule has 3 heterocycles. The number of nitrogens with zero attached hydrogens (tertiary/aromatic N) is 2. The normalized spacial score (nSPS) is 19.3. The number of piperidine rings is 1. The van der Waals surface area contributed by atoms with Gasteiger partial charge in [-0.05, 0) is 61.5 Å². The lowest BCUT2D eigenvalue weighted by Crippen LogP contribution is -2.42. The number of unbranched alkanes of at least 4 members (excludes halogenated alkanes) is 1. The van der Waals surface area contributed by atoms with E-state index in [1.165, 1.54) is 6.42 Å². The maximum Gasteiger partial charge on any atom is 0.278 e. The third-order valence-electron chi connectivity index (χ3n) is 6.19. The smallest absolute Gasteiger partial charge is 0.278 e. The molecular formula is C23H30N4O3S. The number of rotatable bonds is 6. The molecule has 2 atom stereocenters. The number of fused-ring (bicyclic) bond motifs is 3. The highest BCUT2D eigenvalue weighted by Gasteiger charge is 2.24. The van der Waals surface area contributed by atoms with Gasteiger partial charge in [0, 0.05) is 37.0 Å². The fourth-order valence-electron chi connectivity index (χ4n) is 4.76. The second-order valence-electron chi connectivity index (χ2n) is 8.88. The molecule has 2 N–H and O–H groups in total. The van der Waals surface area contributed by atoms with Gasteiger partial charge in [-0.2, -0.15) is 0 Å². The summed E-state index contributed by atoms with van der Waals surface area (Å²) in [5, 5.41) is 0.875. The summed E-state index contributed by atoms with van der Waals surface area (Å²) in [6.45, 7) is 6.62. The SMILES string of the molecule is COc1ccc2[nH]c3c(=O)n(CCCCC(=O)N4C[C@H](C)C[C@@H](C)C4)c(=S)[nH]c3c2c1. The first-order valence-corrected chi connectivity index (χ1v) is 11.4. The number of ether oxygens (including phenoxy) is 1. The van der Waals surface area contributed by atoms with E-state index in [4.69, 9.17) is 17.0 Å². The van der Waals surface area contributed by atoms with E-state index in [9.17, 15) is 9.59 Å². The third kappa shape index (κ3) is 4.39. The first-order chi connectivity index (χ1) is 14.9. The van der Waals surface area contributed by atoms with Crippen LogP contribution in [-0.2, 0) is 11.3 Å². The lowest BCUT2D eigenvalue weighted by Gasteiger charge is -2.35. The van der Waals surface area contributed by atoms with Gasteiger partial charge in [-0.25, -0.2) is 0 Å². The minimum Gasteiger partial charge on any atom is -0.497 e. The fraction of sp³-hybridized carbons (Fsp3) is 0.522. The Bertz CT molecular complexity index is 1220. The topological polar surface area (TPSA) is 83.1 Å². The molecule has 166 valence electrons. The van der Waals surface area contributed by atoms with Crippen molar-refractivity contribution in [1.29, 1.82) is 0 Å². The first kappa shape index (κ1) is 21.6. The first-order valence-electron chi connectivity index (χ1n) is 11.0. The summed E-state index contributed by atoms with van der Waals surface area (Å²) in [5.41, 5.74) is 1.92. The van der Waals surface area contributed by atoms with Gasteiger partial charge >= 0.3 is 0 Å². The zero-order valence-corrected chi connectivity index (χ0v) is 19.2. The summed E-state index contributed by atoms with van der Waals surface area (Å²) in [5.74, 6) is 2.06. The molecule has 0 bridgehead atoms. The van der Waals surface area contributed by atoms with Crippen molar-refractivity contribution in [3.8, 4) is 5.75 Å². The summed E-state index contributed by atoms with van der Waals surface area (Å²) in [6.07, 6.45) is 3.16. The van der Waals surface area contributed by atoms with Gasteiger partial charge in [0.25, 0.3) is 5.56 Å². The van der Waals surface area contributed by atoms with Gasteiger partial charge in [0.15, 0.2) is 4.77 Å². The average molecular weight is 443 g/mol. The predicted octanol–water partition coefficient (Wildman–Crippen LogP) is 4.22. The van der Waals surface area contributed by atoms with Gasteiger partial charge in [0.2, 0.25) is 5.91 Å². The molecule has 2 aromatic heterocycles. The van der Waals surface area contributed by atoms with Crippen LogP contribution in [0.25, 0.3) is 21.9 Å². The van der Waals surface area contributed by atoms with E-state index in [1.54, 1.807) is 11.7 Å². The molecule has 1 fully saturated rings. The second-order valence-corrected chi connectivity index (χ2v) is 9.26. The Kier molecular flexibility index (Phi) is 6.18. The maximum absolute atomic E-state index is 13.1. The zero-order valence-electron chi connectivity index (χ0n) is 18.4. The van der Waals surface area contributed by atoms with Crippen molar-refractivity contribution in [2.75, 3.05) is 20.2 Å². The molecule has 1 aliphatic heterocycles. The lowest BCUT2D eigenvalue weighted by atomic mass is 9.91. The number of hydrogen-bond donors (Lipinski definition) is 2. The Morgan fingerprint density at radius 3 is 2.61 bits per heavy atom. The number of carbonyl (C=O) groups excluding carboxylic acids is 1. The maximum atomic E-state index is 13.1. The third-order valence-corrected chi connectivity index (χ3v) is 6.51. The molecule has 31 heavy (non-hydrogen) atoms. The Morgan fingerprint density at radius 1 is 1.16 bits per heavy atom. The standard InChI is InChI=1S/C23H30N4O3S/c1-14-10-15(2)13-26(12-14)19(28)6-4-5-9-27-22(29)21-20(25-23(27)31)17-11-16(30-3)7-8-18(17)24-21/h7-8,11,14-15,24H,4-6,9-10,12-13H2,1-3H3,(H,25,31)/t14-,15-/m1/s1. The van der Waals surface area contributed by atoms with E-state index < -0.39 is 0 Å². The van der Waals surface area contributed by atoms with Crippen LogP contribution in [0.2, 0.25) is 0 Å². The van der Waals surface area contributed by atoms with Crippen molar-refractivity contribution in [2.24, 2.45) is 11.8 Å². The molecule has 8 heteroatoms. The molecule has 7 nitrogen and oxygen atoms in total. The number of methoxy groups -OCH3 is 1. The quantitative estimate of drug-likeness (QED) is 0.442. The van der Waals surface area contributed by atoms with Crippen molar-refractivity contribution in [2.45, 2.75) is 46.1 Å². The monoisotopic (exact) mass is 442 g/mol. The lowest BCUT2D eigenvalue weighted by molar-refractivity contribution is -0.134. The molecule has 4 rings (SSSR count). The minimum atomic E-state index is -0.140. The van der Waals surface area contributed by atoms with Gasteiger partial charge in [-0.3, -0.25) is 14.2 Å². The summed E-state index contributed by atoms with van der Waals surface area (Å²) in [6, 6.07) is 5.63. The van der Waals surface area contributed by atoms with Gasteiger partial charge in [0.1, 0.15) is 11.3 Å². The number of nitrogens with one attached hydrogen (secondary N) is 2. The van der Waals surface area contributed by atoms with Crippen molar-refractivity contribution in [3.05, 3.63) is 33.3 Å². The number of aromatic amines is 2. The van der Waals surface area contributed by atoms with Gasteiger partial charge < -0.3 is 19.6 Å². The summed E-state index contributed by atoms with van der Waals surface area (Å²) >= 11 is 5.47. The van der Waals surface area contributed by atoms with Crippen molar-refractivity contribution < 1.29 is 9.53 Å². The Hall–Kier alpha value is -2.61. The van der Waals surface area contributed by atoms with E-state index >= 15 is 0 Å². The van der Waals surface area contributed by atoms with Crippen LogP contribution < -0.4 is 10.3 Å². The number of H-pyrrole nitrogens is 2. The number of carbonyl (C=O) groups is 1. The van der Waals surface area contributed by atoms with E-state index in [1.807, 2.05) is 23.1 Å². The van der Waals surface area contributed by atoms with E-state index in [-0.39, 0.29) is 11.5 Å². The molecule has 1 aliphatic rings. The van der Waals surface area contributed by atoms with Gasteiger partial charge in [-0.15, -0.1) is 0 Å². The van der Waals surface area contributed by atoms with Crippen LogP contribution in [0.15, 0.2) is 23.0 Å². The highest BCUT2D eigenvalue weighted by Crippen LogP contribution is 2.26. The molecular weight excluding hydrogens is 412 g/mol. The molecule has 0 radical (unpaired) electrons. The molecule has 3 aromatic rings. The summed E-state index contributed by atoms with van der Waals surface area (Å²) in [7, 11) is 1.61. The van der Waals surface area contributed by atoms with Gasteiger partial charge in [-0.1, -0.05) is 13.8 Å². The van der Waals surface area contributed by atoms with E-state index in [0.29, 0.717) is 40.6 Å². The number of hydrogen-bond acceptors (Lipinski definition) is 4. The minimum absolute atomic E-state index is 0.140. The van der Waals surface area contributed by atoms with Crippen LogP contribution in [-0.4, -0.2) is 45.5 Å². The molecule has 0 spiro atoms. The van der Waals surface area contributed by atoms with Crippen LogP contribution in [0, 0.1) is 16.6 Å². The number of benzene rings is 1. The van der Waals surface area contributed by atoms with Crippen LogP contribution >= 0.6 is 12.2 Å². The highest BCUT2D eigenvalue weighted by molar-refractivity contribution is 7.71. The zero-order chi connectivity index (χ0) is 22.1. The molecule has 1 aromatic carbocycles. The van der Waals surface area contributed by atoms with Crippen molar-refractivity contribution >= 4 is 40.1 Å². The number of amides is 1. The van der Waals surface area contributed by atoms with Crippen molar-refractivity contribution in [1.82, 2.24) is 19.4 Å². The molecule has 1 amide bonds. The van der Waals surface area contributed by atoms with Crippen LogP contribution in [0.4, 0.5) is 0 Å². The van der Waals surface area contributed by atoms with Crippen molar-refractivity contribution in [3.63, 3.8) is 0 Å². The van der Waals surface area contributed by atoms with Gasteiger partial charge in [0.05, 0.1) is 12.6 Å². The number of likely N-dealkylation sites (tertiary alicyclic amines) is 1. The van der Waals surface area contributed by atoms with Crippen LogP contribution in [0.5, 0.6) is 5.75 Å². The van der Waals surface area contributed by atoms with E-state index in [2.05, 4.69) is 23.8 Å². The summed E-state index contributed by atoms with van der Waals surface area (Å²) in [4.78, 5) is 34.0. The molecule has 0 unspecified atom stereocenters. The molecule has 1 saturated heterocycles. The Morgan fingerprint density at radius 2 is 1.90 bits per heavy atom. The average Bonchev–Trinajstić information content (AvgIpc) is 3.10. The number of aromatic nitrogens is 3. The predicted molar refractivity (Wildman–Crippen MR) is 125 cm³/mol. The van der Waals surface area contributed by atoms with E-state index in [0.717, 1.165) is 42.6 Å². The Balaban J connectivity index is 1.45. The molecule has 0 saturated carbocycles. The van der Waals surface area contributed by atoms with Crippen LogP contribution in [0.1, 0.15) is 39.5 Å². The summed E-state index contributed by atoms with van der Waals surface area (Å²) < 4.78 is 7.27. The Labute approximate surface area is 186 Å². The molecule has 0 aliphatic carbocycles. The van der Waals surface area contributed by atoms with Crippen LogP contribution in [0.3, 0.4) is 0 Å². The highest BCUT2D eigenvalue weighted by atomic mass is 32.1. The second kappa shape index (κ2) is 8.86. The fourth-order valence-corrected chi connectivity index (χ4v) is 5.04.